The lowest BCUT2D eigenvalue weighted by Gasteiger charge is -2.26. The summed E-state index contributed by atoms with van der Waals surface area (Å²) in [5.74, 6) is -2.99. The Bertz CT molecular complexity index is 1260. The molecule has 1 atom stereocenters. The third kappa shape index (κ3) is 4.77. The Hall–Kier alpha value is -3.38. The number of carbonyl (C=O) groups excluding carboxylic acids is 2. The molecule has 0 bridgehead atoms. The zero-order chi connectivity index (χ0) is 24.1. The number of H-pyrrole nitrogens is 1. The molecule has 3 aromatic carbocycles. The van der Waals surface area contributed by atoms with E-state index in [2.05, 4.69) is 20.9 Å². The van der Waals surface area contributed by atoms with Gasteiger partial charge < -0.3 is 14.5 Å². The van der Waals surface area contributed by atoms with Gasteiger partial charge in [-0.05, 0) is 48.7 Å². The molecule has 0 fully saturated rings. The number of hydrogen-bond acceptors (Lipinski definition) is 4. The van der Waals surface area contributed by atoms with Gasteiger partial charge in [0, 0.05) is 21.3 Å². The molecule has 4 aromatic rings. The van der Waals surface area contributed by atoms with Gasteiger partial charge in [0.15, 0.2) is 5.92 Å². The van der Waals surface area contributed by atoms with Crippen LogP contribution in [0.4, 0.5) is 0 Å². The number of aromatic nitrogens is 1. The Kier molecular flexibility index (Phi) is 7.48. The molecule has 174 valence electrons. The summed E-state index contributed by atoms with van der Waals surface area (Å²) in [4.78, 5) is 30.1. The van der Waals surface area contributed by atoms with Crippen molar-refractivity contribution in [3.05, 3.63) is 94.5 Å². The summed E-state index contributed by atoms with van der Waals surface area (Å²) in [6, 6.07) is 25.5. The lowest BCUT2D eigenvalue weighted by atomic mass is 9.78. The molecule has 0 saturated heterocycles. The van der Waals surface area contributed by atoms with Crippen LogP contribution < -0.4 is 0 Å². The van der Waals surface area contributed by atoms with Crippen LogP contribution >= 0.6 is 15.9 Å². The molecule has 0 aliphatic rings. The van der Waals surface area contributed by atoms with Gasteiger partial charge in [-0.15, -0.1) is 0 Å². The van der Waals surface area contributed by atoms with E-state index in [9.17, 15) is 9.59 Å². The highest BCUT2D eigenvalue weighted by atomic mass is 79.9. The monoisotopic (exact) mass is 519 g/mol. The largest absolute Gasteiger partial charge is 0.465 e. The van der Waals surface area contributed by atoms with E-state index < -0.39 is 23.8 Å². The van der Waals surface area contributed by atoms with Crippen molar-refractivity contribution in [1.82, 2.24) is 4.98 Å². The molecular formula is C28H26BrNO4. The minimum absolute atomic E-state index is 0.168. The summed E-state index contributed by atoms with van der Waals surface area (Å²) in [7, 11) is 0. The van der Waals surface area contributed by atoms with Gasteiger partial charge in [0.2, 0.25) is 0 Å². The molecule has 0 amide bonds. The molecule has 1 unspecified atom stereocenters. The minimum Gasteiger partial charge on any atom is -0.465 e. The number of para-hydroxylation sites is 1. The third-order valence-corrected chi connectivity index (χ3v) is 6.29. The first-order valence-electron chi connectivity index (χ1n) is 11.3. The van der Waals surface area contributed by atoms with Gasteiger partial charge in [0.05, 0.1) is 18.9 Å². The normalized spacial score (nSPS) is 12.0. The summed E-state index contributed by atoms with van der Waals surface area (Å²) in [5, 5.41) is 0.938. The number of ether oxygens (including phenoxy) is 2. The fraction of sp³-hybridized carbons (Fsp3) is 0.214. The topological polar surface area (TPSA) is 68.4 Å². The standard InChI is InChI=1S/C28H26BrNO4/c1-3-33-27(31)25(28(32)34-4-2)23(18-14-16-20(29)17-15-18)24-21-12-8-9-13-22(21)30-26(24)19-10-6-5-7-11-19/h5-17,23,25,30H,3-4H2,1-2H3. The van der Waals surface area contributed by atoms with Crippen LogP contribution in [0.15, 0.2) is 83.3 Å². The van der Waals surface area contributed by atoms with Crippen molar-refractivity contribution in [3.63, 3.8) is 0 Å². The number of hydrogen-bond donors (Lipinski definition) is 1. The first-order chi connectivity index (χ1) is 16.5. The van der Waals surface area contributed by atoms with Gasteiger partial charge >= 0.3 is 11.9 Å². The van der Waals surface area contributed by atoms with Crippen LogP contribution in [0.5, 0.6) is 0 Å². The highest BCUT2D eigenvalue weighted by Gasteiger charge is 2.41. The fourth-order valence-electron chi connectivity index (χ4n) is 4.35. The molecule has 0 spiro atoms. The van der Waals surface area contributed by atoms with Crippen molar-refractivity contribution in [3.8, 4) is 11.3 Å². The summed E-state index contributed by atoms with van der Waals surface area (Å²) >= 11 is 3.49. The number of rotatable bonds is 8. The fourth-order valence-corrected chi connectivity index (χ4v) is 4.61. The van der Waals surface area contributed by atoms with Gasteiger partial charge in [-0.2, -0.15) is 0 Å². The van der Waals surface area contributed by atoms with E-state index in [1.807, 2.05) is 78.9 Å². The molecular weight excluding hydrogens is 494 g/mol. The Morgan fingerprint density at radius 2 is 1.41 bits per heavy atom. The maximum absolute atomic E-state index is 13.3. The van der Waals surface area contributed by atoms with E-state index >= 15 is 0 Å². The quantitative estimate of drug-likeness (QED) is 0.214. The second-order valence-electron chi connectivity index (χ2n) is 7.84. The zero-order valence-electron chi connectivity index (χ0n) is 19.1. The first kappa shape index (κ1) is 23.8. The number of nitrogens with one attached hydrogen (secondary N) is 1. The van der Waals surface area contributed by atoms with E-state index in [0.29, 0.717) is 0 Å². The van der Waals surface area contributed by atoms with Gasteiger partial charge in [-0.25, -0.2) is 0 Å². The molecule has 0 aliphatic heterocycles. The Morgan fingerprint density at radius 1 is 0.824 bits per heavy atom. The molecule has 1 aromatic heterocycles. The van der Waals surface area contributed by atoms with Crippen LogP contribution in [0.25, 0.3) is 22.2 Å². The molecule has 0 saturated carbocycles. The van der Waals surface area contributed by atoms with Crippen molar-refractivity contribution >= 4 is 38.8 Å². The van der Waals surface area contributed by atoms with Crippen LogP contribution in [-0.2, 0) is 19.1 Å². The molecule has 34 heavy (non-hydrogen) atoms. The summed E-state index contributed by atoms with van der Waals surface area (Å²) in [6.45, 7) is 3.80. The molecule has 0 radical (unpaired) electrons. The van der Waals surface area contributed by atoms with Crippen molar-refractivity contribution in [2.24, 2.45) is 5.92 Å². The van der Waals surface area contributed by atoms with Gasteiger partial charge in [0.1, 0.15) is 0 Å². The molecule has 6 heteroatoms. The second kappa shape index (κ2) is 10.7. The second-order valence-corrected chi connectivity index (χ2v) is 8.75. The molecule has 0 aliphatic carbocycles. The van der Waals surface area contributed by atoms with E-state index in [-0.39, 0.29) is 13.2 Å². The zero-order valence-corrected chi connectivity index (χ0v) is 20.7. The van der Waals surface area contributed by atoms with Crippen molar-refractivity contribution in [2.45, 2.75) is 19.8 Å². The average Bonchev–Trinajstić information content (AvgIpc) is 3.23. The van der Waals surface area contributed by atoms with Crippen LogP contribution in [0, 0.1) is 5.92 Å². The van der Waals surface area contributed by atoms with Crippen molar-refractivity contribution in [1.29, 1.82) is 0 Å². The lowest BCUT2D eigenvalue weighted by molar-refractivity contribution is -0.162. The summed E-state index contributed by atoms with van der Waals surface area (Å²) in [6.07, 6.45) is 0. The molecule has 1 heterocycles. The SMILES string of the molecule is CCOC(=O)C(C(=O)OCC)C(c1ccc(Br)cc1)c1c(-c2ccccc2)[nH]c2ccccc12. The number of esters is 2. The average molecular weight is 520 g/mol. The lowest BCUT2D eigenvalue weighted by Crippen LogP contribution is -2.34. The van der Waals surface area contributed by atoms with Gasteiger partial charge in [-0.1, -0.05) is 76.6 Å². The minimum atomic E-state index is -1.16. The van der Waals surface area contributed by atoms with Crippen molar-refractivity contribution in [2.75, 3.05) is 13.2 Å². The summed E-state index contributed by atoms with van der Waals surface area (Å²) in [5.41, 5.74) is 4.41. The Balaban J connectivity index is 2.04. The highest BCUT2D eigenvalue weighted by molar-refractivity contribution is 9.10. The van der Waals surface area contributed by atoms with Crippen LogP contribution in [0.1, 0.15) is 30.9 Å². The Labute approximate surface area is 207 Å². The molecule has 1 N–H and O–H groups in total. The smallest absolute Gasteiger partial charge is 0.321 e. The van der Waals surface area contributed by atoms with E-state index in [0.717, 1.165) is 37.8 Å². The number of fused-ring (bicyclic) bond motifs is 1. The van der Waals surface area contributed by atoms with Crippen molar-refractivity contribution < 1.29 is 19.1 Å². The Morgan fingerprint density at radius 3 is 2.03 bits per heavy atom. The summed E-state index contributed by atoms with van der Waals surface area (Å²) < 4.78 is 11.7. The maximum Gasteiger partial charge on any atom is 0.321 e. The predicted molar refractivity (Wildman–Crippen MR) is 136 cm³/mol. The maximum atomic E-state index is 13.3. The third-order valence-electron chi connectivity index (χ3n) is 5.76. The number of benzene rings is 3. The molecule has 4 rings (SSSR count). The van der Waals surface area contributed by atoms with E-state index in [1.165, 1.54) is 0 Å². The number of carbonyl (C=O) groups is 2. The van der Waals surface area contributed by atoms with Crippen LogP contribution in [0.2, 0.25) is 0 Å². The van der Waals surface area contributed by atoms with Crippen LogP contribution in [-0.4, -0.2) is 30.1 Å². The van der Waals surface area contributed by atoms with Gasteiger partial charge in [-0.3, -0.25) is 9.59 Å². The highest BCUT2D eigenvalue weighted by Crippen LogP contribution is 2.43. The van der Waals surface area contributed by atoms with Crippen LogP contribution in [0.3, 0.4) is 0 Å². The van der Waals surface area contributed by atoms with E-state index in [1.54, 1.807) is 13.8 Å². The molecule has 5 nitrogen and oxygen atoms in total. The number of aromatic amines is 1. The number of halogens is 1. The first-order valence-corrected chi connectivity index (χ1v) is 12.1. The van der Waals surface area contributed by atoms with E-state index in [4.69, 9.17) is 9.47 Å². The predicted octanol–water partition coefficient (Wildman–Crippen LogP) is 6.47. The van der Waals surface area contributed by atoms with Gasteiger partial charge in [0.25, 0.3) is 0 Å².